The Hall–Kier alpha value is -2.31. The minimum Gasteiger partial charge on any atom is -0.478 e. The summed E-state index contributed by atoms with van der Waals surface area (Å²) in [5.41, 5.74) is 0.855. The van der Waals surface area contributed by atoms with Crippen molar-refractivity contribution < 1.29 is 9.90 Å². The van der Waals surface area contributed by atoms with E-state index in [4.69, 9.17) is 5.11 Å². The Kier molecular flexibility index (Phi) is 2.36. The predicted molar refractivity (Wildman–Crippen MR) is 48.2 cm³/mol. The van der Waals surface area contributed by atoms with Crippen molar-refractivity contribution in [3.63, 3.8) is 0 Å². The van der Waals surface area contributed by atoms with Crippen LogP contribution in [0.3, 0.4) is 0 Å². The second kappa shape index (κ2) is 3.82. The van der Waals surface area contributed by atoms with Gasteiger partial charge in [-0.25, -0.2) is 4.79 Å². The molecule has 0 saturated carbocycles. The Morgan fingerprint density at radius 3 is 2.87 bits per heavy atom. The molecule has 0 radical (unpaired) electrons. The number of rotatable bonds is 3. The first-order chi connectivity index (χ1) is 7.25. The number of hydrogen-bond acceptors (Lipinski definition) is 5. The van der Waals surface area contributed by atoms with E-state index in [0.717, 1.165) is 0 Å². The topological polar surface area (TPSA) is 105 Å². The average Bonchev–Trinajstić information content (AvgIpc) is 2.71. The number of aromatic nitrogens is 5. The molecule has 0 bridgehead atoms. The summed E-state index contributed by atoms with van der Waals surface area (Å²) in [6.07, 6.45) is 1.73. The first-order valence-electron chi connectivity index (χ1n) is 4.16. The highest BCUT2D eigenvalue weighted by Crippen LogP contribution is 2.03. The van der Waals surface area contributed by atoms with E-state index in [1.807, 2.05) is 0 Å². The van der Waals surface area contributed by atoms with Crippen LogP contribution in [0.1, 0.15) is 21.9 Å². The van der Waals surface area contributed by atoms with Crippen LogP contribution >= 0.6 is 0 Å². The second-order valence-corrected chi connectivity index (χ2v) is 2.85. The molecule has 0 atom stereocenters. The lowest BCUT2D eigenvalue weighted by molar-refractivity contribution is 0.0696. The number of nitrogens with one attached hydrogen (secondary N) is 1. The van der Waals surface area contributed by atoms with E-state index in [2.05, 4.69) is 25.6 Å². The standard InChI is InChI=1S/C8H7N5O2/c14-8(15)5-1-2-6(9-4-5)3-7-10-12-13-11-7/h1-2,4H,3H2,(H,14,15)(H,10,11,12,13). The SMILES string of the molecule is O=C(O)c1ccc(Cc2nn[nH]n2)nc1. The molecular formula is C8H7N5O2. The second-order valence-electron chi connectivity index (χ2n) is 2.85. The summed E-state index contributed by atoms with van der Waals surface area (Å²) >= 11 is 0. The number of tetrazole rings is 1. The lowest BCUT2D eigenvalue weighted by atomic mass is 10.2. The zero-order valence-corrected chi connectivity index (χ0v) is 7.58. The van der Waals surface area contributed by atoms with E-state index >= 15 is 0 Å². The van der Waals surface area contributed by atoms with Crippen molar-refractivity contribution in [3.8, 4) is 0 Å². The molecule has 0 aliphatic rings. The third-order valence-electron chi connectivity index (χ3n) is 1.80. The van der Waals surface area contributed by atoms with E-state index in [1.54, 1.807) is 6.07 Å². The van der Waals surface area contributed by atoms with Crippen molar-refractivity contribution in [1.82, 2.24) is 25.6 Å². The van der Waals surface area contributed by atoms with Crippen LogP contribution < -0.4 is 0 Å². The summed E-state index contributed by atoms with van der Waals surface area (Å²) in [5.74, 6) is -0.473. The number of aromatic carboxylic acids is 1. The lowest BCUT2D eigenvalue weighted by Gasteiger charge is -1.96. The average molecular weight is 205 g/mol. The highest BCUT2D eigenvalue weighted by molar-refractivity contribution is 5.87. The van der Waals surface area contributed by atoms with Crippen LogP contribution in [0.5, 0.6) is 0 Å². The Labute approximate surface area is 84.2 Å². The first-order valence-corrected chi connectivity index (χ1v) is 4.16. The molecule has 2 aromatic rings. The molecule has 7 nitrogen and oxygen atoms in total. The molecule has 2 heterocycles. The fourth-order valence-corrected chi connectivity index (χ4v) is 1.07. The molecule has 0 spiro atoms. The predicted octanol–water partition coefficient (Wildman–Crippen LogP) is -0.116. The zero-order chi connectivity index (χ0) is 10.7. The molecule has 0 unspecified atom stereocenters. The van der Waals surface area contributed by atoms with E-state index in [1.165, 1.54) is 12.3 Å². The van der Waals surface area contributed by atoms with Crippen molar-refractivity contribution in [2.24, 2.45) is 0 Å². The summed E-state index contributed by atoms with van der Waals surface area (Å²) in [7, 11) is 0. The largest absolute Gasteiger partial charge is 0.478 e. The molecule has 0 aliphatic heterocycles. The van der Waals surface area contributed by atoms with Crippen LogP contribution in [0.2, 0.25) is 0 Å². The highest BCUT2D eigenvalue weighted by Gasteiger charge is 2.05. The Bertz CT molecular complexity index is 450. The van der Waals surface area contributed by atoms with Gasteiger partial charge in [0.05, 0.1) is 12.0 Å². The Balaban J connectivity index is 2.14. The van der Waals surface area contributed by atoms with Crippen LogP contribution in [-0.2, 0) is 6.42 Å². The molecule has 2 rings (SSSR count). The molecule has 76 valence electrons. The monoisotopic (exact) mass is 205 g/mol. The minimum atomic E-state index is -0.992. The molecule has 15 heavy (non-hydrogen) atoms. The summed E-state index contributed by atoms with van der Waals surface area (Å²) in [5, 5.41) is 21.9. The third kappa shape index (κ3) is 2.13. The molecule has 0 fully saturated rings. The number of carbonyl (C=O) groups is 1. The molecule has 2 aromatic heterocycles. The van der Waals surface area contributed by atoms with Gasteiger partial charge in [0.15, 0.2) is 5.82 Å². The van der Waals surface area contributed by atoms with Gasteiger partial charge in [0.25, 0.3) is 0 Å². The van der Waals surface area contributed by atoms with Crippen molar-refractivity contribution in [2.75, 3.05) is 0 Å². The van der Waals surface area contributed by atoms with Gasteiger partial charge < -0.3 is 5.11 Å². The molecule has 0 amide bonds. The van der Waals surface area contributed by atoms with Crippen molar-refractivity contribution in [3.05, 3.63) is 35.4 Å². The lowest BCUT2D eigenvalue weighted by Crippen LogP contribution is -2.00. The van der Waals surface area contributed by atoms with Crippen LogP contribution in [-0.4, -0.2) is 36.7 Å². The van der Waals surface area contributed by atoms with Crippen LogP contribution in [0.15, 0.2) is 18.3 Å². The minimum absolute atomic E-state index is 0.159. The van der Waals surface area contributed by atoms with Crippen LogP contribution in [0.25, 0.3) is 0 Å². The fourth-order valence-electron chi connectivity index (χ4n) is 1.07. The maximum absolute atomic E-state index is 10.5. The number of carboxylic acids is 1. The first kappa shape index (κ1) is 9.25. The number of pyridine rings is 1. The smallest absolute Gasteiger partial charge is 0.337 e. The molecular weight excluding hydrogens is 198 g/mol. The number of aromatic amines is 1. The zero-order valence-electron chi connectivity index (χ0n) is 7.58. The van der Waals surface area contributed by atoms with Gasteiger partial charge in [0, 0.05) is 11.9 Å². The van der Waals surface area contributed by atoms with E-state index in [9.17, 15) is 4.79 Å². The molecule has 2 N–H and O–H groups in total. The number of H-pyrrole nitrogens is 1. The number of carboxylic acid groups (broad SMARTS) is 1. The molecule has 0 aliphatic carbocycles. The van der Waals surface area contributed by atoms with Gasteiger partial charge in [-0.05, 0) is 12.1 Å². The van der Waals surface area contributed by atoms with Gasteiger partial charge in [-0.15, -0.1) is 10.2 Å². The summed E-state index contributed by atoms with van der Waals surface area (Å²) in [6.45, 7) is 0. The quantitative estimate of drug-likeness (QED) is 0.723. The highest BCUT2D eigenvalue weighted by atomic mass is 16.4. The van der Waals surface area contributed by atoms with Gasteiger partial charge in [-0.1, -0.05) is 5.21 Å². The van der Waals surface area contributed by atoms with Crippen LogP contribution in [0, 0.1) is 0 Å². The van der Waals surface area contributed by atoms with Crippen molar-refractivity contribution in [1.29, 1.82) is 0 Å². The van der Waals surface area contributed by atoms with Crippen molar-refractivity contribution >= 4 is 5.97 Å². The summed E-state index contributed by atoms with van der Waals surface area (Å²) in [4.78, 5) is 14.5. The molecule has 7 heteroatoms. The van der Waals surface area contributed by atoms with Gasteiger partial charge in [0.1, 0.15) is 0 Å². The maximum atomic E-state index is 10.5. The normalized spacial score (nSPS) is 10.1. The fraction of sp³-hybridized carbons (Fsp3) is 0.125. The van der Waals surface area contributed by atoms with E-state index in [0.29, 0.717) is 17.9 Å². The van der Waals surface area contributed by atoms with Gasteiger partial charge in [-0.2, -0.15) is 5.21 Å². The maximum Gasteiger partial charge on any atom is 0.337 e. The van der Waals surface area contributed by atoms with E-state index < -0.39 is 5.97 Å². The Morgan fingerprint density at radius 2 is 2.33 bits per heavy atom. The third-order valence-corrected chi connectivity index (χ3v) is 1.80. The van der Waals surface area contributed by atoms with Crippen molar-refractivity contribution in [2.45, 2.75) is 6.42 Å². The molecule has 0 saturated heterocycles. The number of nitrogens with zero attached hydrogens (tertiary/aromatic N) is 4. The Morgan fingerprint density at radius 1 is 1.47 bits per heavy atom. The van der Waals surface area contributed by atoms with E-state index in [-0.39, 0.29) is 5.56 Å². The van der Waals surface area contributed by atoms with Gasteiger partial charge in [0.2, 0.25) is 0 Å². The number of hydrogen-bond donors (Lipinski definition) is 2. The van der Waals surface area contributed by atoms with Crippen LogP contribution in [0.4, 0.5) is 0 Å². The van der Waals surface area contributed by atoms with Gasteiger partial charge in [-0.3, -0.25) is 4.98 Å². The summed E-state index contributed by atoms with van der Waals surface area (Å²) in [6, 6.07) is 3.12. The summed E-state index contributed by atoms with van der Waals surface area (Å²) < 4.78 is 0. The molecule has 0 aromatic carbocycles. The van der Waals surface area contributed by atoms with Gasteiger partial charge >= 0.3 is 5.97 Å².